The molecule has 3 aromatic rings. The molecule has 5 heteroatoms. The largest absolute Gasteiger partial charge is 0.497 e. The normalized spacial score (nSPS) is 11.5. The van der Waals surface area contributed by atoms with Gasteiger partial charge in [0.2, 0.25) is 11.8 Å². The smallest absolute Gasteiger partial charge is 0.242 e. The van der Waals surface area contributed by atoms with Gasteiger partial charge in [-0.2, -0.15) is 0 Å². The van der Waals surface area contributed by atoms with E-state index in [2.05, 4.69) is 5.32 Å². The Morgan fingerprint density at radius 2 is 1.59 bits per heavy atom. The van der Waals surface area contributed by atoms with Gasteiger partial charge in [-0.25, -0.2) is 0 Å². The van der Waals surface area contributed by atoms with Gasteiger partial charge in [-0.3, -0.25) is 9.59 Å². The van der Waals surface area contributed by atoms with Crippen molar-refractivity contribution in [3.8, 4) is 5.75 Å². The molecule has 2 amide bonds. The van der Waals surface area contributed by atoms with E-state index in [1.165, 1.54) is 0 Å². The number of nitrogens with zero attached hydrogens (tertiary/aromatic N) is 1. The van der Waals surface area contributed by atoms with Crippen LogP contribution in [-0.2, 0) is 29.0 Å². The molecule has 0 unspecified atom stereocenters. The fourth-order valence-electron chi connectivity index (χ4n) is 3.67. The number of carbonyl (C=O) groups excluding carboxylic acids is 2. The van der Waals surface area contributed by atoms with Crippen molar-refractivity contribution in [2.75, 3.05) is 14.2 Å². The Balaban J connectivity index is 1.94. The molecule has 0 fully saturated rings. The summed E-state index contributed by atoms with van der Waals surface area (Å²) in [6.07, 6.45) is 0.663. The molecule has 0 aliphatic rings. The third-order valence-corrected chi connectivity index (χ3v) is 5.48. The monoisotopic (exact) mass is 430 g/mol. The highest BCUT2D eigenvalue weighted by atomic mass is 16.5. The minimum atomic E-state index is -0.633. The highest BCUT2D eigenvalue weighted by Crippen LogP contribution is 2.19. The van der Waals surface area contributed by atoms with Crippen LogP contribution in [0.1, 0.15) is 22.3 Å². The van der Waals surface area contributed by atoms with Gasteiger partial charge >= 0.3 is 0 Å². The number of hydrogen-bond donors (Lipinski definition) is 1. The first kappa shape index (κ1) is 23.1. The standard InChI is InChI=1S/C27H30N2O3/c1-20-12-14-22(15-13-20)18-26(30)29(19-23-10-7-11-24(16-23)32-3)25(27(31)28-2)17-21-8-5-4-6-9-21/h4-16,25H,17-19H2,1-3H3,(H,28,31)/t25-/m0/s1. The van der Waals surface area contributed by atoms with Gasteiger partial charge < -0.3 is 15.0 Å². The van der Waals surface area contributed by atoms with Gasteiger partial charge in [0.15, 0.2) is 0 Å². The molecule has 166 valence electrons. The number of amides is 2. The number of ether oxygens (including phenoxy) is 1. The summed E-state index contributed by atoms with van der Waals surface area (Å²) in [5.41, 5.74) is 3.97. The van der Waals surface area contributed by atoms with Gasteiger partial charge in [0.25, 0.3) is 0 Å². The Hall–Kier alpha value is -3.60. The lowest BCUT2D eigenvalue weighted by molar-refractivity contribution is -0.140. The predicted octanol–water partition coefficient (Wildman–Crippen LogP) is 3.93. The average molecular weight is 431 g/mol. The Morgan fingerprint density at radius 1 is 0.906 bits per heavy atom. The molecule has 0 aliphatic heterocycles. The number of rotatable bonds is 9. The molecule has 3 rings (SSSR count). The fraction of sp³-hybridized carbons (Fsp3) is 0.259. The van der Waals surface area contributed by atoms with Crippen molar-refractivity contribution in [2.24, 2.45) is 0 Å². The van der Waals surface area contributed by atoms with Crippen molar-refractivity contribution < 1.29 is 14.3 Å². The van der Waals surface area contributed by atoms with Gasteiger partial charge in [-0.1, -0.05) is 72.3 Å². The summed E-state index contributed by atoms with van der Waals surface area (Å²) in [7, 11) is 3.22. The summed E-state index contributed by atoms with van der Waals surface area (Å²) in [4.78, 5) is 28.1. The summed E-state index contributed by atoms with van der Waals surface area (Å²) < 4.78 is 5.35. The Morgan fingerprint density at radius 3 is 2.25 bits per heavy atom. The SMILES string of the molecule is CNC(=O)[C@H](Cc1ccccc1)N(Cc1cccc(OC)c1)C(=O)Cc1ccc(C)cc1. The molecule has 5 nitrogen and oxygen atoms in total. The van der Waals surface area contributed by atoms with Crippen LogP contribution in [0.5, 0.6) is 5.75 Å². The number of hydrogen-bond acceptors (Lipinski definition) is 3. The van der Waals surface area contributed by atoms with Crippen LogP contribution >= 0.6 is 0 Å². The molecule has 0 heterocycles. The molecular weight excluding hydrogens is 400 g/mol. The lowest BCUT2D eigenvalue weighted by atomic mass is 10.0. The fourth-order valence-corrected chi connectivity index (χ4v) is 3.67. The van der Waals surface area contributed by atoms with Crippen molar-refractivity contribution in [3.05, 3.63) is 101 Å². The van der Waals surface area contributed by atoms with E-state index in [0.717, 1.165) is 22.3 Å². The molecule has 3 aromatic carbocycles. The van der Waals surface area contributed by atoms with Crippen LogP contribution in [-0.4, -0.2) is 36.9 Å². The van der Waals surface area contributed by atoms with Crippen LogP contribution in [0.25, 0.3) is 0 Å². The molecule has 1 atom stereocenters. The predicted molar refractivity (Wildman–Crippen MR) is 126 cm³/mol. The third kappa shape index (κ3) is 6.20. The van der Waals surface area contributed by atoms with Gasteiger partial charge in [0.05, 0.1) is 13.5 Å². The van der Waals surface area contributed by atoms with Crippen molar-refractivity contribution >= 4 is 11.8 Å². The van der Waals surface area contributed by atoms with E-state index >= 15 is 0 Å². The molecule has 0 aromatic heterocycles. The van der Waals surface area contributed by atoms with Gasteiger partial charge in [0.1, 0.15) is 11.8 Å². The van der Waals surface area contributed by atoms with E-state index in [9.17, 15) is 9.59 Å². The van der Waals surface area contributed by atoms with Crippen LogP contribution in [0.15, 0.2) is 78.9 Å². The van der Waals surface area contributed by atoms with Crippen LogP contribution in [0, 0.1) is 6.92 Å². The number of methoxy groups -OCH3 is 1. The van der Waals surface area contributed by atoms with E-state index in [0.29, 0.717) is 18.7 Å². The Bertz CT molecular complexity index is 1030. The molecular formula is C27H30N2O3. The summed E-state index contributed by atoms with van der Waals surface area (Å²) in [5, 5.41) is 2.74. The number of likely N-dealkylation sites (N-methyl/N-ethyl adjacent to an activating group) is 1. The van der Waals surface area contributed by atoms with Crippen molar-refractivity contribution in [1.29, 1.82) is 0 Å². The second kappa shape index (κ2) is 11.1. The Kier molecular flexibility index (Phi) is 8.03. The lowest BCUT2D eigenvalue weighted by Gasteiger charge is -2.31. The molecule has 0 spiro atoms. The van der Waals surface area contributed by atoms with E-state index in [1.54, 1.807) is 19.1 Å². The first-order valence-corrected chi connectivity index (χ1v) is 10.7. The maximum Gasteiger partial charge on any atom is 0.242 e. The zero-order valence-electron chi connectivity index (χ0n) is 18.9. The topological polar surface area (TPSA) is 58.6 Å². The van der Waals surface area contributed by atoms with Crippen LogP contribution in [0.3, 0.4) is 0 Å². The summed E-state index contributed by atoms with van der Waals surface area (Å²) in [6, 6.07) is 24.7. The molecule has 32 heavy (non-hydrogen) atoms. The second-order valence-corrected chi connectivity index (χ2v) is 7.86. The van der Waals surface area contributed by atoms with E-state index in [4.69, 9.17) is 4.74 Å². The highest BCUT2D eigenvalue weighted by Gasteiger charge is 2.29. The number of nitrogens with one attached hydrogen (secondary N) is 1. The maximum absolute atomic E-state index is 13.5. The minimum absolute atomic E-state index is 0.0961. The lowest BCUT2D eigenvalue weighted by Crippen LogP contribution is -2.50. The zero-order valence-corrected chi connectivity index (χ0v) is 18.9. The highest BCUT2D eigenvalue weighted by molar-refractivity contribution is 5.88. The maximum atomic E-state index is 13.5. The molecule has 0 saturated heterocycles. The quantitative estimate of drug-likeness (QED) is 0.560. The second-order valence-electron chi connectivity index (χ2n) is 7.86. The van der Waals surface area contributed by atoms with Crippen LogP contribution < -0.4 is 10.1 Å². The minimum Gasteiger partial charge on any atom is -0.497 e. The summed E-state index contributed by atoms with van der Waals surface area (Å²) in [6.45, 7) is 2.33. The third-order valence-electron chi connectivity index (χ3n) is 5.48. The van der Waals surface area contributed by atoms with Crippen LogP contribution in [0.4, 0.5) is 0 Å². The molecule has 0 bridgehead atoms. The molecule has 0 radical (unpaired) electrons. The van der Waals surface area contributed by atoms with Crippen LogP contribution in [0.2, 0.25) is 0 Å². The van der Waals surface area contributed by atoms with Crippen molar-refractivity contribution in [1.82, 2.24) is 10.2 Å². The zero-order chi connectivity index (χ0) is 22.9. The molecule has 0 aliphatic carbocycles. The number of carbonyl (C=O) groups is 2. The van der Waals surface area contributed by atoms with E-state index < -0.39 is 6.04 Å². The van der Waals surface area contributed by atoms with Crippen molar-refractivity contribution in [3.63, 3.8) is 0 Å². The molecule has 1 N–H and O–H groups in total. The summed E-state index contributed by atoms with van der Waals surface area (Å²) >= 11 is 0. The van der Waals surface area contributed by atoms with E-state index in [1.807, 2.05) is 85.8 Å². The number of benzene rings is 3. The molecule has 0 saturated carbocycles. The average Bonchev–Trinajstić information content (AvgIpc) is 2.83. The summed E-state index contributed by atoms with van der Waals surface area (Å²) in [5.74, 6) is 0.434. The van der Waals surface area contributed by atoms with Crippen molar-refractivity contribution in [2.45, 2.75) is 32.4 Å². The van der Waals surface area contributed by atoms with Gasteiger partial charge in [-0.15, -0.1) is 0 Å². The first-order chi connectivity index (χ1) is 15.5. The first-order valence-electron chi connectivity index (χ1n) is 10.7. The Labute approximate surface area is 190 Å². The van der Waals surface area contributed by atoms with E-state index in [-0.39, 0.29) is 18.2 Å². The number of aryl methyl sites for hydroxylation is 1. The van der Waals surface area contributed by atoms with Gasteiger partial charge in [-0.05, 0) is 35.7 Å². The van der Waals surface area contributed by atoms with Gasteiger partial charge in [0, 0.05) is 20.0 Å².